The molecule has 3 aromatic rings. The largest absolute Gasteiger partial charge is 0.489 e. The van der Waals surface area contributed by atoms with E-state index in [0.29, 0.717) is 29.8 Å². The third-order valence-corrected chi connectivity index (χ3v) is 7.92. The molecular formula is C30H31N7O4. The molecule has 0 radical (unpaired) electrons. The molecule has 2 atom stereocenters. The highest BCUT2D eigenvalue weighted by Gasteiger charge is 2.39. The number of rotatable bonds is 7. The molecule has 3 amide bonds. The van der Waals surface area contributed by atoms with Gasteiger partial charge in [-0.3, -0.25) is 24.6 Å². The van der Waals surface area contributed by atoms with Crippen molar-refractivity contribution in [2.45, 2.75) is 44.5 Å². The zero-order valence-electron chi connectivity index (χ0n) is 23.0. The predicted molar refractivity (Wildman–Crippen MR) is 149 cm³/mol. The molecule has 4 heterocycles. The molecule has 2 saturated heterocycles. The van der Waals surface area contributed by atoms with Gasteiger partial charge in [-0.25, -0.2) is 4.68 Å². The average molecular weight is 554 g/mol. The van der Waals surface area contributed by atoms with Crippen LogP contribution in [0, 0.1) is 11.3 Å². The molecule has 0 bridgehead atoms. The number of hydrogen-bond acceptors (Lipinski definition) is 8. The van der Waals surface area contributed by atoms with E-state index in [1.165, 1.54) is 0 Å². The number of ether oxygens (including phenoxy) is 1. The number of likely N-dealkylation sites (tertiary alicyclic amines) is 1. The van der Waals surface area contributed by atoms with Crippen LogP contribution in [0.3, 0.4) is 0 Å². The lowest BCUT2D eigenvalue weighted by Crippen LogP contribution is -2.52. The number of amides is 3. The van der Waals surface area contributed by atoms with Crippen molar-refractivity contribution in [3.05, 3.63) is 71.0 Å². The van der Waals surface area contributed by atoms with E-state index >= 15 is 0 Å². The maximum absolute atomic E-state index is 13.0. The Labute approximate surface area is 237 Å². The first-order valence-corrected chi connectivity index (χ1v) is 13.7. The van der Waals surface area contributed by atoms with Crippen LogP contribution in [0.15, 0.2) is 48.8 Å². The highest BCUT2D eigenvalue weighted by atomic mass is 16.5. The maximum Gasteiger partial charge on any atom is 0.255 e. The van der Waals surface area contributed by atoms with Crippen molar-refractivity contribution in [1.29, 1.82) is 5.26 Å². The summed E-state index contributed by atoms with van der Waals surface area (Å²) < 4.78 is 8.14. The minimum atomic E-state index is -0.628. The van der Waals surface area contributed by atoms with Gasteiger partial charge in [-0.2, -0.15) is 10.4 Å². The summed E-state index contributed by atoms with van der Waals surface area (Å²) >= 11 is 0. The third kappa shape index (κ3) is 5.26. The van der Waals surface area contributed by atoms with Crippen LogP contribution in [-0.4, -0.2) is 76.6 Å². The van der Waals surface area contributed by atoms with E-state index in [1.54, 1.807) is 11.0 Å². The second-order valence-electron chi connectivity index (χ2n) is 11.0. The average Bonchev–Trinajstić information content (AvgIpc) is 3.68. The first-order valence-electron chi connectivity index (χ1n) is 13.7. The van der Waals surface area contributed by atoms with Gasteiger partial charge in [0.15, 0.2) is 0 Å². The van der Waals surface area contributed by atoms with Gasteiger partial charge in [-0.15, -0.1) is 0 Å². The first kappa shape index (κ1) is 26.5. The molecule has 11 heteroatoms. The predicted octanol–water partition coefficient (Wildman–Crippen LogP) is 2.22. The first-order chi connectivity index (χ1) is 19.8. The number of fused-ring (bicyclic) bond motifs is 1. The number of nitrogens with one attached hydrogen (secondary N) is 1. The van der Waals surface area contributed by atoms with Crippen LogP contribution in [0.1, 0.15) is 46.3 Å². The summed E-state index contributed by atoms with van der Waals surface area (Å²) in [6, 6.07) is 12.8. The lowest BCUT2D eigenvalue weighted by atomic mass is 10.0. The van der Waals surface area contributed by atoms with E-state index in [1.807, 2.05) is 66.4 Å². The standard InChI is InChI=1S/C30H31N7O4/c1-34(2)27-12-22(4-3-20(27)13-31)37-16-19(14-32-37)15-35-10-9-24(18-35)41-23-5-6-25-21(11-23)17-36(30(25)40)26-7-8-28(38)33-29(26)39/h3-6,11-12,14,16,24,26H,7-10,15,17-18H2,1-2H3,(H,33,38,39)/t24-,26?/m0/s1. The Morgan fingerprint density at radius 1 is 1.15 bits per heavy atom. The fourth-order valence-electron chi connectivity index (χ4n) is 5.82. The number of nitrogens with zero attached hydrogens (tertiary/aromatic N) is 6. The number of carbonyl (C=O) groups is 3. The van der Waals surface area contributed by atoms with Gasteiger partial charge in [-0.05, 0) is 54.8 Å². The Morgan fingerprint density at radius 2 is 2.00 bits per heavy atom. The molecule has 11 nitrogen and oxygen atoms in total. The molecule has 1 unspecified atom stereocenters. The SMILES string of the molecule is CN(C)c1cc(-n2cc(CN3CC[C@H](Oc4ccc5c(c4)CN(C4CCC(=O)NC4=O)C5=O)C3)cn2)ccc1C#N. The highest BCUT2D eigenvalue weighted by molar-refractivity contribution is 6.05. The van der Waals surface area contributed by atoms with Crippen molar-refractivity contribution in [1.82, 2.24) is 24.9 Å². The maximum atomic E-state index is 13.0. The zero-order valence-corrected chi connectivity index (χ0v) is 23.0. The summed E-state index contributed by atoms with van der Waals surface area (Å²) in [4.78, 5) is 42.6. The number of imide groups is 1. The molecule has 210 valence electrons. The number of hydrogen-bond donors (Lipinski definition) is 1. The summed E-state index contributed by atoms with van der Waals surface area (Å²) in [5, 5.41) is 16.3. The van der Waals surface area contributed by atoms with Gasteiger partial charge < -0.3 is 14.5 Å². The van der Waals surface area contributed by atoms with Crippen LogP contribution in [0.4, 0.5) is 5.69 Å². The number of aromatic nitrogens is 2. The number of carbonyl (C=O) groups excluding carboxylic acids is 3. The minimum absolute atomic E-state index is 0.0209. The van der Waals surface area contributed by atoms with Crippen LogP contribution in [0.2, 0.25) is 0 Å². The van der Waals surface area contributed by atoms with E-state index < -0.39 is 11.9 Å². The van der Waals surface area contributed by atoms with Crippen molar-refractivity contribution >= 4 is 23.4 Å². The topological polar surface area (TPSA) is 124 Å². The molecule has 0 spiro atoms. The van der Waals surface area contributed by atoms with Gasteiger partial charge in [0, 0.05) is 64.0 Å². The van der Waals surface area contributed by atoms with Gasteiger partial charge >= 0.3 is 0 Å². The van der Waals surface area contributed by atoms with E-state index in [2.05, 4.69) is 21.4 Å². The lowest BCUT2D eigenvalue weighted by Gasteiger charge is -2.29. The van der Waals surface area contributed by atoms with Crippen LogP contribution in [0.5, 0.6) is 5.75 Å². The quantitative estimate of drug-likeness (QED) is 0.442. The van der Waals surface area contributed by atoms with Gasteiger partial charge in [0.05, 0.1) is 23.1 Å². The molecule has 0 saturated carbocycles. The molecule has 3 aliphatic heterocycles. The summed E-state index contributed by atoms with van der Waals surface area (Å²) in [6.07, 6.45) is 5.36. The van der Waals surface area contributed by atoms with Crippen molar-refractivity contribution in [3.8, 4) is 17.5 Å². The number of nitriles is 1. The molecule has 1 aromatic heterocycles. The Morgan fingerprint density at radius 3 is 2.78 bits per heavy atom. The van der Waals surface area contributed by atoms with Crippen molar-refractivity contribution in [2.24, 2.45) is 0 Å². The Hall–Kier alpha value is -4.69. The highest BCUT2D eigenvalue weighted by Crippen LogP contribution is 2.31. The molecule has 2 fully saturated rings. The van der Waals surface area contributed by atoms with Crippen LogP contribution in [0.25, 0.3) is 5.69 Å². The second-order valence-corrected chi connectivity index (χ2v) is 11.0. The van der Waals surface area contributed by atoms with E-state index in [4.69, 9.17) is 4.74 Å². The molecular weight excluding hydrogens is 522 g/mol. The minimum Gasteiger partial charge on any atom is -0.489 e. The van der Waals surface area contributed by atoms with Gasteiger partial charge in [0.25, 0.3) is 5.91 Å². The molecule has 2 aromatic carbocycles. The van der Waals surface area contributed by atoms with Gasteiger partial charge in [0.1, 0.15) is 24.0 Å². The van der Waals surface area contributed by atoms with E-state index in [-0.39, 0.29) is 24.3 Å². The van der Waals surface area contributed by atoms with Crippen LogP contribution >= 0.6 is 0 Å². The number of anilines is 1. The van der Waals surface area contributed by atoms with Crippen LogP contribution in [-0.2, 0) is 22.7 Å². The van der Waals surface area contributed by atoms with Gasteiger partial charge in [0.2, 0.25) is 11.8 Å². The number of benzene rings is 2. The molecule has 41 heavy (non-hydrogen) atoms. The monoisotopic (exact) mass is 553 g/mol. The second kappa shape index (κ2) is 10.7. The van der Waals surface area contributed by atoms with Crippen molar-refractivity contribution < 1.29 is 19.1 Å². The smallest absolute Gasteiger partial charge is 0.255 e. The zero-order chi connectivity index (χ0) is 28.7. The van der Waals surface area contributed by atoms with Crippen molar-refractivity contribution in [2.75, 3.05) is 32.1 Å². The summed E-state index contributed by atoms with van der Waals surface area (Å²) in [7, 11) is 3.83. The fourth-order valence-corrected chi connectivity index (χ4v) is 5.82. The van der Waals surface area contributed by atoms with Crippen LogP contribution < -0.4 is 15.0 Å². The summed E-state index contributed by atoms with van der Waals surface area (Å²) in [5.74, 6) is -0.187. The number of piperidine rings is 1. The van der Waals surface area contributed by atoms with E-state index in [0.717, 1.165) is 48.6 Å². The lowest BCUT2D eigenvalue weighted by molar-refractivity contribution is -0.136. The fraction of sp³-hybridized carbons (Fsp3) is 0.367. The Balaban J connectivity index is 1.06. The molecule has 6 rings (SSSR count). The third-order valence-electron chi connectivity index (χ3n) is 7.92. The van der Waals surface area contributed by atoms with Gasteiger partial charge in [-0.1, -0.05) is 0 Å². The summed E-state index contributed by atoms with van der Waals surface area (Å²) in [5.41, 5.74) is 4.86. The van der Waals surface area contributed by atoms with Crippen molar-refractivity contribution in [3.63, 3.8) is 0 Å². The summed E-state index contributed by atoms with van der Waals surface area (Å²) in [6.45, 7) is 2.74. The Bertz CT molecular complexity index is 1570. The molecule has 3 aliphatic rings. The Kier molecular flexibility index (Phi) is 6.93. The normalized spacial score (nSPS) is 20.6. The molecule has 0 aliphatic carbocycles. The molecule has 1 N–H and O–H groups in total. The van der Waals surface area contributed by atoms with E-state index in [9.17, 15) is 19.6 Å².